The highest BCUT2D eigenvalue weighted by Gasteiger charge is 2.37. The number of ether oxygens (including phenoxy) is 2. The molecule has 0 spiro atoms. The van der Waals surface area contributed by atoms with E-state index in [0.717, 1.165) is 12.8 Å². The van der Waals surface area contributed by atoms with Crippen LogP contribution in [0.15, 0.2) is 4.99 Å². The molecule has 0 bridgehead atoms. The molecule has 86 valence electrons. The Morgan fingerprint density at radius 2 is 2.27 bits per heavy atom. The number of hydrogen-bond donors (Lipinski definition) is 0. The van der Waals surface area contributed by atoms with Crippen LogP contribution in [0.4, 0.5) is 0 Å². The molecule has 4 nitrogen and oxygen atoms in total. The molecule has 4 heteroatoms. The van der Waals surface area contributed by atoms with Gasteiger partial charge >= 0.3 is 5.97 Å². The third-order valence-electron chi connectivity index (χ3n) is 2.40. The fourth-order valence-corrected chi connectivity index (χ4v) is 1.59. The van der Waals surface area contributed by atoms with E-state index in [1.165, 1.54) is 7.11 Å². The molecule has 0 saturated heterocycles. The van der Waals surface area contributed by atoms with Crippen molar-refractivity contribution in [2.75, 3.05) is 7.11 Å². The minimum absolute atomic E-state index is 0.0696. The van der Waals surface area contributed by atoms with Gasteiger partial charge in [-0.1, -0.05) is 27.2 Å². The Morgan fingerprint density at radius 1 is 1.60 bits per heavy atom. The number of carbonyl (C=O) groups excluding carboxylic acids is 1. The van der Waals surface area contributed by atoms with Gasteiger partial charge in [0, 0.05) is 5.92 Å². The minimum Gasteiger partial charge on any atom is -0.466 e. The first-order valence-electron chi connectivity index (χ1n) is 5.42. The largest absolute Gasteiger partial charge is 0.466 e. The molecule has 2 atom stereocenters. The molecule has 0 aromatic carbocycles. The second-order valence-corrected chi connectivity index (χ2v) is 4.04. The third kappa shape index (κ3) is 2.70. The number of carbonyl (C=O) groups is 1. The van der Waals surface area contributed by atoms with Gasteiger partial charge in [-0.25, -0.2) is 9.79 Å². The number of esters is 1. The van der Waals surface area contributed by atoms with Gasteiger partial charge in [0.25, 0.3) is 0 Å². The van der Waals surface area contributed by atoms with Crippen LogP contribution in [0.3, 0.4) is 0 Å². The summed E-state index contributed by atoms with van der Waals surface area (Å²) < 4.78 is 10.2. The van der Waals surface area contributed by atoms with Gasteiger partial charge in [-0.3, -0.25) is 0 Å². The lowest BCUT2D eigenvalue weighted by molar-refractivity contribution is -0.149. The molecule has 0 N–H and O–H groups in total. The summed E-state index contributed by atoms with van der Waals surface area (Å²) in [5, 5.41) is 0. The molecule has 1 aliphatic heterocycles. The SMILES string of the molecule is CCC[C@@H]1N=C(C(C)C)O[C@@H]1C(=O)OC. The topological polar surface area (TPSA) is 47.9 Å². The van der Waals surface area contributed by atoms with Gasteiger partial charge in [-0.15, -0.1) is 0 Å². The van der Waals surface area contributed by atoms with Crippen LogP contribution in [-0.4, -0.2) is 31.1 Å². The molecule has 0 aliphatic carbocycles. The van der Waals surface area contributed by atoms with Crippen LogP contribution in [0.2, 0.25) is 0 Å². The van der Waals surface area contributed by atoms with Crippen molar-refractivity contribution < 1.29 is 14.3 Å². The molecule has 1 rings (SSSR count). The first-order chi connectivity index (χ1) is 7.10. The van der Waals surface area contributed by atoms with E-state index in [1.54, 1.807) is 0 Å². The first-order valence-corrected chi connectivity index (χ1v) is 5.42. The summed E-state index contributed by atoms with van der Waals surface area (Å²) in [7, 11) is 1.38. The minimum atomic E-state index is -0.535. The molecule has 0 radical (unpaired) electrons. The molecule has 0 unspecified atom stereocenters. The van der Waals surface area contributed by atoms with Crippen molar-refractivity contribution in [1.82, 2.24) is 0 Å². The van der Waals surface area contributed by atoms with Crippen molar-refractivity contribution in [1.29, 1.82) is 0 Å². The molecule has 0 fully saturated rings. The molecule has 0 saturated carbocycles. The summed E-state index contributed by atoms with van der Waals surface area (Å²) in [6.07, 6.45) is 1.30. The maximum Gasteiger partial charge on any atom is 0.349 e. The van der Waals surface area contributed by atoms with E-state index < -0.39 is 6.10 Å². The van der Waals surface area contributed by atoms with Gasteiger partial charge < -0.3 is 9.47 Å². The lowest BCUT2D eigenvalue weighted by Gasteiger charge is -2.14. The summed E-state index contributed by atoms with van der Waals surface area (Å²) in [5.74, 6) is 0.565. The van der Waals surface area contributed by atoms with Crippen molar-refractivity contribution in [3.05, 3.63) is 0 Å². The van der Waals surface area contributed by atoms with Gasteiger partial charge in [-0.05, 0) is 6.42 Å². The summed E-state index contributed by atoms with van der Waals surface area (Å²) in [5.41, 5.74) is 0. The number of nitrogens with zero attached hydrogens (tertiary/aromatic N) is 1. The molecule has 15 heavy (non-hydrogen) atoms. The Kier molecular flexibility index (Phi) is 4.12. The Morgan fingerprint density at radius 3 is 2.73 bits per heavy atom. The smallest absolute Gasteiger partial charge is 0.349 e. The first kappa shape index (κ1) is 12.0. The van der Waals surface area contributed by atoms with E-state index in [1.807, 2.05) is 13.8 Å². The number of aliphatic imine (C=N–C) groups is 1. The standard InChI is InChI=1S/C11H19NO3/c1-5-6-8-9(11(13)14-4)15-10(12-8)7(2)3/h7-9H,5-6H2,1-4H3/t8-,9-/m0/s1. The van der Waals surface area contributed by atoms with Crippen LogP contribution < -0.4 is 0 Å². The fraction of sp³-hybridized carbons (Fsp3) is 0.818. The monoisotopic (exact) mass is 213 g/mol. The highest BCUT2D eigenvalue weighted by atomic mass is 16.6. The van der Waals surface area contributed by atoms with Crippen molar-refractivity contribution in [2.45, 2.75) is 45.8 Å². The average molecular weight is 213 g/mol. The summed E-state index contributed by atoms with van der Waals surface area (Å²) >= 11 is 0. The van der Waals surface area contributed by atoms with Crippen LogP contribution >= 0.6 is 0 Å². The van der Waals surface area contributed by atoms with Crippen LogP contribution in [0.25, 0.3) is 0 Å². The third-order valence-corrected chi connectivity index (χ3v) is 2.40. The molecule has 0 aromatic rings. The molecule has 0 aromatic heterocycles. The molecule has 0 amide bonds. The Labute approximate surface area is 90.7 Å². The van der Waals surface area contributed by atoms with Crippen LogP contribution in [0.5, 0.6) is 0 Å². The Bertz CT molecular complexity index is 261. The number of rotatable bonds is 4. The van der Waals surface area contributed by atoms with Crippen LogP contribution in [0.1, 0.15) is 33.6 Å². The van der Waals surface area contributed by atoms with E-state index in [9.17, 15) is 4.79 Å². The quantitative estimate of drug-likeness (QED) is 0.669. The van der Waals surface area contributed by atoms with Gasteiger partial charge in [0.15, 0.2) is 5.90 Å². The average Bonchev–Trinajstić information content (AvgIpc) is 2.61. The molecule has 1 heterocycles. The Hall–Kier alpha value is -1.06. The highest BCUT2D eigenvalue weighted by Crippen LogP contribution is 2.22. The normalized spacial score (nSPS) is 25.0. The van der Waals surface area contributed by atoms with Crippen LogP contribution in [0, 0.1) is 5.92 Å². The van der Waals surface area contributed by atoms with Gasteiger partial charge in [-0.2, -0.15) is 0 Å². The molecule has 1 aliphatic rings. The zero-order chi connectivity index (χ0) is 11.4. The van der Waals surface area contributed by atoms with E-state index in [4.69, 9.17) is 9.47 Å². The van der Waals surface area contributed by atoms with Crippen molar-refractivity contribution in [3.63, 3.8) is 0 Å². The Balaban J connectivity index is 2.72. The van der Waals surface area contributed by atoms with Crippen molar-refractivity contribution in [3.8, 4) is 0 Å². The van der Waals surface area contributed by atoms with E-state index in [-0.39, 0.29) is 17.9 Å². The van der Waals surface area contributed by atoms with Crippen molar-refractivity contribution in [2.24, 2.45) is 10.9 Å². The zero-order valence-corrected chi connectivity index (χ0v) is 9.82. The van der Waals surface area contributed by atoms with E-state index in [0.29, 0.717) is 5.90 Å². The van der Waals surface area contributed by atoms with Gasteiger partial charge in [0.2, 0.25) is 6.10 Å². The maximum absolute atomic E-state index is 11.4. The predicted molar refractivity (Wildman–Crippen MR) is 57.9 cm³/mol. The summed E-state index contributed by atoms with van der Waals surface area (Å²) in [6, 6.07) is -0.0696. The second kappa shape index (κ2) is 5.14. The predicted octanol–water partition coefficient (Wildman–Crippen LogP) is 1.78. The zero-order valence-electron chi connectivity index (χ0n) is 9.82. The van der Waals surface area contributed by atoms with Crippen LogP contribution in [-0.2, 0) is 14.3 Å². The summed E-state index contributed by atoms with van der Waals surface area (Å²) in [4.78, 5) is 15.9. The molecular formula is C11H19NO3. The van der Waals surface area contributed by atoms with E-state index in [2.05, 4.69) is 11.9 Å². The van der Waals surface area contributed by atoms with Gasteiger partial charge in [0.1, 0.15) is 6.04 Å². The lowest BCUT2D eigenvalue weighted by atomic mass is 10.1. The maximum atomic E-state index is 11.4. The summed E-state index contributed by atoms with van der Waals surface area (Å²) in [6.45, 7) is 6.07. The fourth-order valence-electron chi connectivity index (χ4n) is 1.59. The number of methoxy groups -OCH3 is 1. The second-order valence-electron chi connectivity index (χ2n) is 4.04. The van der Waals surface area contributed by atoms with Crippen molar-refractivity contribution >= 4 is 11.9 Å². The highest BCUT2D eigenvalue weighted by molar-refractivity contribution is 5.86. The van der Waals surface area contributed by atoms with E-state index >= 15 is 0 Å². The van der Waals surface area contributed by atoms with Gasteiger partial charge in [0.05, 0.1) is 7.11 Å². The molecular weight excluding hydrogens is 194 g/mol. The lowest BCUT2D eigenvalue weighted by Crippen LogP contribution is -2.33. The number of hydrogen-bond acceptors (Lipinski definition) is 4.